The molecule has 0 aliphatic carbocycles. The Balaban J connectivity index is 1.61. The first kappa shape index (κ1) is 28.0. The van der Waals surface area contributed by atoms with Crippen molar-refractivity contribution in [3.63, 3.8) is 0 Å². The van der Waals surface area contributed by atoms with Crippen LogP contribution >= 0.6 is 0 Å². The van der Waals surface area contributed by atoms with Crippen LogP contribution in [0.15, 0.2) is 71.9 Å². The summed E-state index contributed by atoms with van der Waals surface area (Å²) in [5, 5.41) is 5.26. The van der Waals surface area contributed by atoms with Crippen LogP contribution in [-0.2, 0) is 6.42 Å². The molecule has 0 amide bonds. The highest BCUT2D eigenvalue weighted by Crippen LogP contribution is 2.36. The molecule has 218 valence electrons. The maximum atomic E-state index is 15.1. The standard InChI is InChI=1S/C32H29F2N7O2/c1-5-19-9-7-13-40-30(19)38-27(25(32(40)42)20-8-6-10-22(33)14-20)18(4)41-31-26(29(35)36-16-37-31)28(39-41)21-11-12-24(23(34)15-21)43-17(2)3/h6-18H,5H2,1-4H3,(H2,35,36,37)/t18-/m0/s1. The zero-order valence-electron chi connectivity index (χ0n) is 24.0. The number of halogens is 2. The molecule has 0 aliphatic heterocycles. The maximum absolute atomic E-state index is 15.1. The summed E-state index contributed by atoms with van der Waals surface area (Å²) in [6.07, 6.45) is 3.41. The van der Waals surface area contributed by atoms with E-state index >= 15 is 4.39 Å². The number of hydrogen-bond donors (Lipinski definition) is 1. The molecule has 11 heteroatoms. The van der Waals surface area contributed by atoms with Crippen LogP contribution in [-0.4, -0.2) is 35.2 Å². The lowest BCUT2D eigenvalue weighted by atomic mass is 10.0. The topological polar surface area (TPSA) is 113 Å². The molecular weight excluding hydrogens is 552 g/mol. The van der Waals surface area contributed by atoms with Gasteiger partial charge in [-0.25, -0.2) is 28.4 Å². The molecule has 0 radical (unpaired) electrons. The Morgan fingerprint density at radius 3 is 2.51 bits per heavy atom. The molecule has 2 aromatic carbocycles. The minimum Gasteiger partial charge on any atom is -0.488 e. The second kappa shape index (κ2) is 10.9. The summed E-state index contributed by atoms with van der Waals surface area (Å²) in [7, 11) is 0. The largest absolute Gasteiger partial charge is 0.488 e. The molecule has 1 atom stereocenters. The first-order valence-corrected chi connectivity index (χ1v) is 13.9. The third kappa shape index (κ3) is 4.86. The van der Waals surface area contributed by atoms with Crippen molar-refractivity contribution < 1.29 is 13.5 Å². The van der Waals surface area contributed by atoms with Crippen molar-refractivity contribution >= 4 is 22.5 Å². The lowest BCUT2D eigenvalue weighted by Gasteiger charge is -2.18. The normalized spacial score (nSPS) is 12.3. The molecule has 4 aromatic heterocycles. The smallest absolute Gasteiger partial charge is 0.266 e. The number of ether oxygens (including phenoxy) is 1. The summed E-state index contributed by atoms with van der Waals surface area (Å²) < 4.78 is 38.1. The highest BCUT2D eigenvalue weighted by Gasteiger charge is 2.27. The number of nitrogens with zero attached hydrogens (tertiary/aromatic N) is 6. The number of pyridine rings is 1. The number of nitrogen functional groups attached to an aromatic ring is 1. The van der Waals surface area contributed by atoms with Gasteiger partial charge >= 0.3 is 0 Å². The number of aromatic nitrogens is 6. The van der Waals surface area contributed by atoms with Crippen LogP contribution < -0.4 is 16.0 Å². The van der Waals surface area contributed by atoms with Crippen molar-refractivity contribution in [3.05, 3.63) is 100 Å². The quantitative estimate of drug-likeness (QED) is 0.246. The highest BCUT2D eigenvalue weighted by atomic mass is 19.1. The summed E-state index contributed by atoms with van der Waals surface area (Å²) in [4.78, 5) is 27.6. The summed E-state index contributed by atoms with van der Waals surface area (Å²) in [5.41, 5.74) is 9.48. The van der Waals surface area contributed by atoms with E-state index in [0.717, 1.165) is 5.56 Å². The van der Waals surface area contributed by atoms with Gasteiger partial charge in [0.05, 0.1) is 28.8 Å². The highest BCUT2D eigenvalue weighted by molar-refractivity contribution is 5.98. The average molecular weight is 582 g/mol. The monoisotopic (exact) mass is 581 g/mol. The second-order valence-electron chi connectivity index (χ2n) is 10.5. The molecule has 43 heavy (non-hydrogen) atoms. The number of hydrogen-bond acceptors (Lipinski definition) is 7. The molecule has 6 aromatic rings. The van der Waals surface area contributed by atoms with E-state index < -0.39 is 17.7 Å². The number of anilines is 1. The Morgan fingerprint density at radius 1 is 0.977 bits per heavy atom. The van der Waals surface area contributed by atoms with Gasteiger partial charge in [0, 0.05) is 11.8 Å². The van der Waals surface area contributed by atoms with Gasteiger partial charge in [-0.2, -0.15) is 5.10 Å². The van der Waals surface area contributed by atoms with E-state index in [0.29, 0.717) is 45.6 Å². The van der Waals surface area contributed by atoms with Crippen molar-refractivity contribution in [1.82, 2.24) is 29.1 Å². The van der Waals surface area contributed by atoms with E-state index in [4.69, 9.17) is 20.6 Å². The van der Waals surface area contributed by atoms with Gasteiger partial charge in [0.1, 0.15) is 29.3 Å². The maximum Gasteiger partial charge on any atom is 0.266 e. The van der Waals surface area contributed by atoms with Crippen LogP contribution in [0.5, 0.6) is 5.75 Å². The summed E-state index contributed by atoms with van der Waals surface area (Å²) >= 11 is 0. The van der Waals surface area contributed by atoms with Gasteiger partial charge in [0.25, 0.3) is 5.56 Å². The van der Waals surface area contributed by atoms with Crippen LogP contribution in [0.3, 0.4) is 0 Å². The van der Waals surface area contributed by atoms with Gasteiger partial charge in [-0.1, -0.05) is 25.1 Å². The van der Waals surface area contributed by atoms with E-state index in [-0.39, 0.29) is 28.8 Å². The van der Waals surface area contributed by atoms with Crippen molar-refractivity contribution in [3.8, 4) is 28.1 Å². The number of aryl methyl sites for hydroxylation is 1. The SMILES string of the molecule is CCc1cccn2c(=O)c(-c3cccc(F)c3)c([C@H](C)n3nc(-c4ccc(OC(C)C)c(F)c4)c4c(N)ncnc43)nc12. The minimum absolute atomic E-state index is 0.118. The fourth-order valence-corrected chi connectivity index (χ4v) is 5.31. The second-order valence-corrected chi connectivity index (χ2v) is 10.5. The average Bonchev–Trinajstić information content (AvgIpc) is 3.38. The molecule has 6 rings (SSSR count). The van der Waals surface area contributed by atoms with Gasteiger partial charge in [-0.15, -0.1) is 0 Å². The van der Waals surface area contributed by atoms with Crippen molar-refractivity contribution in [2.75, 3.05) is 5.73 Å². The van der Waals surface area contributed by atoms with E-state index in [1.807, 2.05) is 33.8 Å². The number of nitrogens with two attached hydrogens (primary N) is 1. The zero-order valence-corrected chi connectivity index (χ0v) is 24.0. The summed E-state index contributed by atoms with van der Waals surface area (Å²) in [5.74, 6) is -0.761. The number of fused-ring (bicyclic) bond motifs is 2. The predicted octanol–water partition coefficient (Wildman–Crippen LogP) is 5.99. The van der Waals surface area contributed by atoms with E-state index in [9.17, 15) is 9.18 Å². The molecule has 0 saturated heterocycles. The Labute approximate surface area is 245 Å². The third-order valence-corrected chi connectivity index (χ3v) is 7.31. The van der Waals surface area contributed by atoms with Crippen molar-refractivity contribution in [2.24, 2.45) is 0 Å². The van der Waals surface area contributed by atoms with Crippen LogP contribution in [0.1, 0.15) is 45.0 Å². The van der Waals surface area contributed by atoms with E-state index in [2.05, 4.69) is 9.97 Å². The molecule has 0 aliphatic rings. The molecule has 0 unspecified atom stereocenters. The van der Waals surface area contributed by atoms with Crippen LogP contribution in [0.25, 0.3) is 39.1 Å². The van der Waals surface area contributed by atoms with Gasteiger partial charge in [0.2, 0.25) is 0 Å². The van der Waals surface area contributed by atoms with Crippen molar-refractivity contribution in [1.29, 1.82) is 0 Å². The third-order valence-electron chi connectivity index (χ3n) is 7.31. The van der Waals surface area contributed by atoms with Gasteiger partial charge in [0.15, 0.2) is 17.2 Å². The van der Waals surface area contributed by atoms with E-state index in [1.165, 1.54) is 28.9 Å². The predicted molar refractivity (Wildman–Crippen MR) is 161 cm³/mol. The zero-order chi connectivity index (χ0) is 30.4. The molecule has 2 N–H and O–H groups in total. The van der Waals surface area contributed by atoms with Crippen molar-refractivity contribution in [2.45, 2.75) is 46.3 Å². The van der Waals surface area contributed by atoms with Gasteiger partial charge in [-0.05, 0) is 74.7 Å². The molecule has 4 heterocycles. The van der Waals surface area contributed by atoms with Gasteiger partial charge in [-0.3, -0.25) is 9.20 Å². The Bertz CT molecular complexity index is 2070. The van der Waals surface area contributed by atoms with Crippen LogP contribution in [0, 0.1) is 11.6 Å². The molecule has 0 fully saturated rings. The first-order chi connectivity index (χ1) is 20.7. The molecule has 0 bridgehead atoms. The lowest BCUT2D eigenvalue weighted by molar-refractivity contribution is 0.231. The molecule has 9 nitrogen and oxygen atoms in total. The first-order valence-electron chi connectivity index (χ1n) is 13.9. The molecule has 0 saturated carbocycles. The Morgan fingerprint density at radius 2 is 1.79 bits per heavy atom. The fraction of sp³-hybridized carbons (Fsp3) is 0.219. The van der Waals surface area contributed by atoms with E-state index in [1.54, 1.807) is 41.2 Å². The molecular formula is C32H29F2N7O2. The number of benzene rings is 2. The summed E-state index contributed by atoms with van der Waals surface area (Å²) in [6.45, 7) is 7.44. The molecule has 0 spiro atoms. The lowest BCUT2D eigenvalue weighted by Crippen LogP contribution is -2.24. The van der Waals surface area contributed by atoms with Crippen LogP contribution in [0.4, 0.5) is 14.6 Å². The Hall–Kier alpha value is -5.19. The van der Waals surface area contributed by atoms with Crippen LogP contribution in [0.2, 0.25) is 0 Å². The summed E-state index contributed by atoms with van der Waals surface area (Å²) in [6, 6.07) is 13.4. The Kier molecular flexibility index (Phi) is 7.09. The fourth-order valence-electron chi connectivity index (χ4n) is 5.31. The van der Waals surface area contributed by atoms with Gasteiger partial charge < -0.3 is 10.5 Å². The number of rotatable bonds is 7. The minimum atomic E-state index is -0.681.